The zero-order valence-corrected chi connectivity index (χ0v) is 12.3. The van der Waals surface area contributed by atoms with Crippen LogP contribution < -0.4 is 15.4 Å². The van der Waals surface area contributed by atoms with Crippen molar-refractivity contribution in [1.82, 2.24) is 10.6 Å². The molecule has 0 radical (unpaired) electrons. The van der Waals surface area contributed by atoms with Crippen molar-refractivity contribution in [3.8, 4) is 5.75 Å². The SMILES string of the molecule is O=C1CC[C@@H](NCc2cc(Br)cc3c2OCC3)CN1. The second-order valence-electron chi connectivity index (χ2n) is 5.07. The first kappa shape index (κ1) is 12.9. The zero-order valence-electron chi connectivity index (χ0n) is 10.7. The summed E-state index contributed by atoms with van der Waals surface area (Å²) >= 11 is 3.55. The predicted octanol–water partition coefficient (Wildman–Crippen LogP) is 1.75. The van der Waals surface area contributed by atoms with E-state index in [4.69, 9.17) is 4.74 Å². The lowest BCUT2D eigenvalue weighted by atomic mass is 10.1. The summed E-state index contributed by atoms with van der Waals surface area (Å²) in [7, 11) is 0. The molecule has 0 unspecified atom stereocenters. The zero-order chi connectivity index (χ0) is 13.2. The van der Waals surface area contributed by atoms with Gasteiger partial charge in [0.2, 0.25) is 5.91 Å². The average Bonchev–Trinajstić information content (AvgIpc) is 2.85. The van der Waals surface area contributed by atoms with Crippen molar-refractivity contribution in [2.24, 2.45) is 0 Å². The topological polar surface area (TPSA) is 50.4 Å². The van der Waals surface area contributed by atoms with Crippen LogP contribution in [0.4, 0.5) is 0 Å². The predicted molar refractivity (Wildman–Crippen MR) is 76.2 cm³/mol. The minimum Gasteiger partial charge on any atom is -0.493 e. The van der Waals surface area contributed by atoms with Crippen molar-refractivity contribution >= 4 is 21.8 Å². The molecule has 0 saturated carbocycles. The highest BCUT2D eigenvalue weighted by Crippen LogP contribution is 2.32. The molecule has 2 N–H and O–H groups in total. The van der Waals surface area contributed by atoms with Gasteiger partial charge in [-0.15, -0.1) is 0 Å². The fraction of sp³-hybridized carbons (Fsp3) is 0.500. The molecule has 5 heteroatoms. The van der Waals surface area contributed by atoms with E-state index in [0.717, 1.165) is 42.8 Å². The molecule has 2 heterocycles. The molecule has 0 aromatic heterocycles. The fourth-order valence-corrected chi connectivity index (χ4v) is 3.19. The van der Waals surface area contributed by atoms with Crippen LogP contribution in [0.5, 0.6) is 5.75 Å². The summed E-state index contributed by atoms with van der Waals surface area (Å²) in [4.78, 5) is 11.1. The molecule has 1 amide bonds. The van der Waals surface area contributed by atoms with Gasteiger partial charge >= 0.3 is 0 Å². The molecule has 3 rings (SSSR count). The van der Waals surface area contributed by atoms with E-state index in [0.29, 0.717) is 12.5 Å². The third-order valence-electron chi connectivity index (χ3n) is 3.67. The summed E-state index contributed by atoms with van der Waals surface area (Å²) in [6.45, 7) is 2.27. The molecular formula is C14H17BrN2O2. The van der Waals surface area contributed by atoms with Gasteiger partial charge in [-0.1, -0.05) is 15.9 Å². The maximum Gasteiger partial charge on any atom is 0.220 e. The van der Waals surface area contributed by atoms with Crippen LogP contribution in [0, 0.1) is 0 Å². The van der Waals surface area contributed by atoms with Gasteiger partial charge in [-0.2, -0.15) is 0 Å². The fourth-order valence-electron chi connectivity index (χ4n) is 2.64. The number of ether oxygens (including phenoxy) is 1. The number of fused-ring (bicyclic) bond motifs is 1. The Morgan fingerprint density at radius 3 is 3.11 bits per heavy atom. The van der Waals surface area contributed by atoms with E-state index in [1.165, 1.54) is 11.1 Å². The van der Waals surface area contributed by atoms with Crippen LogP contribution in [0.15, 0.2) is 16.6 Å². The summed E-state index contributed by atoms with van der Waals surface area (Å²) in [5, 5.41) is 6.39. The lowest BCUT2D eigenvalue weighted by Gasteiger charge is -2.24. The second-order valence-corrected chi connectivity index (χ2v) is 5.99. The normalized spacial score (nSPS) is 21.7. The molecule has 1 fully saturated rings. The number of carbonyl (C=O) groups excluding carboxylic acids is 1. The summed E-state index contributed by atoms with van der Waals surface area (Å²) in [5.74, 6) is 1.19. The van der Waals surface area contributed by atoms with Crippen molar-refractivity contribution in [3.05, 3.63) is 27.7 Å². The summed E-state index contributed by atoms with van der Waals surface area (Å²) in [6.07, 6.45) is 2.51. The molecule has 19 heavy (non-hydrogen) atoms. The van der Waals surface area contributed by atoms with Gasteiger partial charge in [0, 0.05) is 42.0 Å². The monoisotopic (exact) mass is 324 g/mol. The maximum atomic E-state index is 11.1. The number of hydrogen-bond acceptors (Lipinski definition) is 3. The number of piperidine rings is 1. The van der Waals surface area contributed by atoms with Gasteiger partial charge in [-0.05, 0) is 24.1 Å². The average molecular weight is 325 g/mol. The van der Waals surface area contributed by atoms with Crippen molar-refractivity contribution in [2.45, 2.75) is 31.8 Å². The highest BCUT2D eigenvalue weighted by Gasteiger charge is 2.20. The number of hydrogen-bond donors (Lipinski definition) is 2. The largest absolute Gasteiger partial charge is 0.493 e. The number of carbonyl (C=O) groups is 1. The van der Waals surface area contributed by atoms with Crippen molar-refractivity contribution in [1.29, 1.82) is 0 Å². The van der Waals surface area contributed by atoms with Gasteiger partial charge in [0.05, 0.1) is 6.61 Å². The van der Waals surface area contributed by atoms with Crippen LogP contribution in [0.25, 0.3) is 0 Å². The van der Waals surface area contributed by atoms with E-state index in [9.17, 15) is 4.79 Å². The molecule has 0 aliphatic carbocycles. The van der Waals surface area contributed by atoms with Crippen molar-refractivity contribution < 1.29 is 9.53 Å². The Morgan fingerprint density at radius 1 is 1.42 bits per heavy atom. The first-order valence-corrected chi connectivity index (χ1v) is 7.46. The third-order valence-corrected chi connectivity index (χ3v) is 4.13. The Bertz CT molecular complexity index is 494. The smallest absolute Gasteiger partial charge is 0.220 e. The minimum absolute atomic E-state index is 0.157. The highest BCUT2D eigenvalue weighted by atomic mass is 79.9. The molecule has 102 valence electrons. The Hall–Kier alpha value is -1.07. The van der Waals surface area contributed by atoms with Gasteiger partial charge in [-0.3, -0.25) is 4.79 Å². The Morgan fingerprint density at radius 2 is 2.32 bits per heavy atom. The van der Waals surface area contributed by atoms with Crippen LogP contribution in [0.2, 0.25) is 0 Å². The number of halogens is 1. The summed E-state index contributed by atoms with van der Waals surface area (Å²) < 4.78 is 6.81. The maximum absolute atomic E-state index is 11.1. The molecule has 1 aromatic carbocycles. The number of benzene rings is 1. The third kappa shape index (κ3) is 2.92. The quantitative estimate of drug-likeness (QED) is 0.890. The first-order valence-electron chi connectivity index (χ1n) is 6.66. The van der Waals surface area contributed by atoms with E-state index in [-0.39, 0.29) is 5.91 Å². The summed E-state index contributed by atoms with van der Waals surface area (Å²) in [6, 6.07) is 4.60. The number of amides is 1. The molecule has 1 atom stereocenters. The number of nitrogens with one attached hydrogen (secondary N) is 2. The lowest BCUT2D eigenvalue weighted by molar-refractivity contribution is -0.122. The van der Waals surface area contributed by atoms with E-state index >= 15 is 0 Å². The van der Waals surface area contributed by atoms with Gasteiger partial charge in [0.15, 0.2) is 0 Å². The van der Waals surface area contributed by atoms with Crippen molar-refractivity contribution in [2.75, 3.05) is 13.2 Å². The van der Waals surface area contributed by atoms with Crippen LogP contribution in [-0.4, -0.2) is 25.1 Å². The van der Waals surface area contributed by atoms with E-state index in [1.54, 1.807) is 0 Å². The van der Waals surface area contributed by atoms with E-state index in [1.807, 2.05) is 0 Å². The Labute approximate surface area is 121 Å². The van der Waals surface area contributed by atoms with Crippen LogP contribution >= 0.6 is 15.9 Å². The standard InChI is InChI=1S/C14H17BrN2O2/c15-11-5-9-3-4-19-14(9)10(6-11)7-16-12-1-2-13(18)17-8-12/h5-6,12,16H,1-4,7-8H2,(H,17,18)/t12-/m1/s1. The molecule has 4 nitrogen and oxygen atoms in total. The molecule has 0 spiro atoms. The van der Waals surface area contributed by atoms with E-state index in [2.05, 4.69) is 38.7 Å². The van der Waals surface area contributed by atoms with Gasteiger partial charge in [-0.25, -0.2) is 0 Å². The van der Waals surface area contributed by atoms with Crippen molar-refractivity contribution in [3.63, 3.8) is 0 Å². The molecule has 1 saturated heterocycles. The van der Waals surface area contributed by atoms with Crippen LogP contribution in [0.1, 0.15) is 24.0 Å². The Kier molecular flexibility index (Phi) is 3.75. The summed E-state index contributed by atoms with van der Waals surface area (Å²) in [5.41, 5.74) is 2.47. The number of rotatable bonds is 3. The van der Waals surface area contributed by atoms with Crippen LogP contribution in [0.3, 0.4) is 0 Å². The molecular weight excluding hydrogens is 308 g/mol. The highest BCUT2D eigenvalue weighted by molar-refractivity contribution is 9.10. The van der Waals surface area contributed by atoms with Gasteiger partial charge in [0.1, 0.15) is 5.75 Å². The van der Waals surface area contributed by atoms with Crippen LogP contribution in [-0.2, 0) is 17.8 Å². The van der Waals surface area contributed by atoms with E-state index < -0.39 is 0 Å². The molecule has 2 aliphatic rings. The van der Waals surface area contributed by atoms with Gasteiger partial charge < -0.3 is 15.4 Å². The molecule has 2 aliphatic heterocycles. The lowest BCUT2D eigenvalue weighted by Crippen LogP contribution is -2.45. The van der Waals surface area contributed by atoms with Gasteiger partial charge in [0.25, 0.3) is 0 Å². The minimum atomic E-state index is 0.157. The molecule has 1 aromatic rings. The Balaban J connectivity index is 1.65. The second kappa shape index (κ2) is 5.51. The molecule has 0 bridgehead atoms. The first-order chi connectivity index (χ1) is 9.22.